The second-order valence-corrected chi connectivity index (χ2v) is 6.68. The number of nitrogens with zero attached hydrogens (tertiary/aromatic N) is 4. The van der Waals surface area contributed by atoms with Crippen molar-refractivity contribution in [2.24, 2.45) is 5.92 Å². The lowest BCUT2D eigenvalue weighted by molar-refractivity contribution is 0.0920. The molecule has 0 spiro atoms. The molecule has 3 aromatic rings. The quantitative estimate of drug-likeness (QED) is 0.777. The Hall–Kier alpha value is -2.76. The van der Waals surface area contributed by atoms with Crippen LogP contribution in [0.25, 0.3) is 11.0 Å². The van der Waals surface area contributed by atoms with E-state index in [-0.39, 0.29) is 11.9 Å². The molecule has 0 aliphatic carbocycles. The molecule has 0 aliphatic heterocycles. The van der Waals surface area contributed by atoms with E-state index >= 15 is 0 Å². The molecule has 0 saturated heterocycles. The second kappa shape index (κ2) is 7.01. The highest BCUT2D eigenvalue weighted by atomic mass is 16.1. The summed E-state index contributed by atoms with van der Waals surface area (Å²) in [4.78, 5) is 25.8. The van der Waals surface area contributed by atoms with Crippen LogP contribution >= 0.6 is 0 Å². The number of benzene rings is 1. The fraction of sp³-hybridized carbons (Fsp3) is 0.368. The summed E-state index contributed by atoms with van der Waals surface area (Å²) >= 11 is 0. The highest BCUT2D eigenvalue weighted by Crippen LogP contribution is 2.15. The molecule has 130 valence electrons. The van der Waals surface area contributed by atoms with Crippen LogP contribution in [-0.2, 0) is 6.54 Å². The van der Waals surface area contributed by atoms with Gasteiger partial charge in [0.25, 0.3) is 5.91 Å². The molecule has 0 fully saturated rings. The summed E-state index contributed by atoms with van der Waals surface area (Å²) in [6, 6.07) is 5.47. The smallest absolute Gasteiger partial charge is 0.251 e. The Kier molecular flexibility index (Phi) is 4.79. The third-order valence-corrected chi connectivity index (χ3v) is 4.43. The first-order valence-electron chi connectivity index (χ1n) is 8.45. The topological polar surface area (TPSA) is 72.7 Å². The number of rotatable bonds is 5. The van der Waals surface area contributed by atoms with Crippen LogP contribution in [0.2, 0.25) is 0 Å². The third-order valence-electron chi connectivity index (χ3n) is 4.43. The number of hydrogen-bond donors (Lipinski definition) is 1. The molecule has 6 nitrogen and oxygen atoms in total. The zero-order valence-electron chi connectivity index (χ0n) is 15.0. The molecule has 2 heterocycles. The van der Waals surface area contributed by atoms with Crippen LogP contribution < -0.4 is 5.32 Å². The van der Waals surface area contributed by atoms with Crippen molar-refractivity contribution in [3.63, 3.8) is 0 Å². The molecule has 0 unspecified atom stereocenters. The zero-order valence-corrected chi connectivity index (χ0v) is 15.0. The fourth-order valence-electron chi connectivity index (χ4n) is 2.67. The van der Waals surface area contributed by atoms with Crippen LogP contribution in [0.4, 0.5) is 0 Å². The standard InChI is InChI=1S/C19H23N5O/c1-12(2)18(10-24-8-7-20-11-24)23-19(25)15-5-6-16-17(9-15)22-14(4)13(3)21-16/h5-9,11-12,18H,10H2,1-4H3,(H,23,25)/t18-/m0/s1. The number of hydrogen-bond acceptors (Lipinski definition) is 4. The van der Waals surface area contributed by atoms with Gasteiger partial charge in [-0.05, 0) is 38.0 Å². The van der Waals surface area contributed by atoms with E-state index in [9.17, 15) is 4.79 Å². The van der Waals surface area contributed by atoms with Gasteiger partial charge in [0.05, 0.1) is 28.7 Å². The Morgan fingerprint density at radius 1 is 1.16 bits per heavy atom. The predicted octanol–water partition coefficient (Wildman–Crippen LogP) is 2.90. The zero-order chi connectivity index (χ0) is 18.0. The van der Waals surface area contributed by atoms with E-state index in [1.165, 1.54) is 0 Å². The predicted molar refractivity (Wildman–Crippen MR) is 97.3 cm³/mol. The van der Waals surface area contributed by atoms with Crippen molar-refractivity contribution in [2.45, 2.75) is 40.3 Å². The molecule has 25 heavy (non-hydrogen) atoms. The van der Waals surface area contributed by atoms with Gasteiger partial charge in [0.1, 0.15) is 0 Å². The second-order valence-electron chi connectivity index (χ2n) is 6.68. The number of nitrogens with one attached hydrogen (secondary N) is 1. The van der Waals surface area contributed by atoms with Crippen LogP contribution in [-0.4, -0.2) is 31.5 Å². The van der Waals surface area contributed by atoms with E-state index in [0.717, 1.165) is 22.4 Å². The molecule has 0 aliphatic rings. The van der Waals surface area contributed by atoms with Crippen molar-refractivity contribution >= 4 is 16.9 Å². The van der Waals surface area contributed by atoms with Crippen molar-refractivity contribution in [1.29, 1.82) is 0 Å². The molecule has 1 amide bonds. The maximum atomic E-state index is 12.7. The Bertz CT molecular complexity index is 886. The highest BCUT2D eigenvalue weighted by Gasteiger charge is 2.18. The van der Waals surface area contributed by atoms with Gasteiger partial charge in [-0.2, -0.15) is 0 Å². The van der Waals surface area contributed by atoms with E-state index in [1.54, 1.807) is 24.7 Å². The minimum atomic E-state index is -0.0965. The van der Waals surface area contributed by atoms with E-state index in [1.807, 2.05) is 30.7 Å². The molecule has 1 atom stereocenters. The summed E-state index contributed by atoms with van der Waals surface area (Å²) in [5, 5.41) is 3.13. The van der Waals surface area contributed by atoms with Crippen molar-refractivity contribution in [3.8, 4) is 0 Å². The van der Waals surface area contributed by atoms with E-state index in [4.69, 9.17) is 0 Å². The van der Waals surface area contributed by atoms with Crippen molar-refractivity contribution in [1.82, 2.24) is 24.8 Å². The first kappa shape index (κ1) is 17.1. The lowest BCUT2D eigenvalue weighted by Gasteiger charge is -2.23. The third kappa shape index (κ3) is 3.84. The lowest BCUT2D eigenvalue weighted by Crippen LogP contribution is -2.41. The van der Waals surface area contributed by atoms with Crippen LogP contribution in [0, 0.1) is 19.8 Å². The minimum absolute atomic E-state index is 0.0169. The number of aromatic nitrogens is 4. The molecule has 0 radical (unpaired) electrons. The number of fused-ring (bicyclic) bond motifs is 1. The Balaban J connectivity index is 1.81. The molecule has 2 aromatic heterocycles. The van der Waals surface area contributed by atoms with Crippen LogP contribution in [0.3, 0.4) is 0 Å². The monoisotopic (exact) mass is 337 g/mol. The van der Waals surface area contributed by atoms with E-state index < -0.39 is 0 Å². The van der Waals surface area contributed by atoms with Gasteiger partial charge in [0, 0.05) is 30.5 Å². The summed E-state index contributed by atoms with van der Waals surface area (Å²) < 4.78 is 1.98. The van der Waals surface area contributed by atoms with Crippen LogP contribution in [0.5, 0.6) is 0 Å². The van der Waals surface area contributed by atoms with Gasteiger partial charge in [-0.15, -0.1) is 0 Å². The van der Waals surface area contributed by atoms with Crippen molar-refractivity contribution in [3.05, 3.63) is 53.9 Å². The number of carbonyl (C=O) groups is 1. The first-order valence-corrected chi connectivity index (χ1v) is 8.45. The summed E-state index contributed by atoms with van der Waals surface area (Å²) in [6.45, 7) is 8.75. The first-order chi connectivity index (χ1) is 11.9. The van der Waals surface area contributed by atoms with Gasteiger partial charge < -0.3 is 9.88 Å². The molecule has 0 bridgehead atoms. The average Bonchev–Trinajstić information content (AvgIpc) is 3.07. The molecule has 3 rings (SSSR count). The molecule has 6 heteroatoms. The SMILES string of the molecule is Cc1nc2ccc(C(=O)N[C@@H](Cn3ccnc3)C(C)C)cc2nc1C. The van der Waals surface area contributed by atoms with Gasteiger partial charge in [-0.1, -0.05) is 13.8 Å². The maximum absolute atomic E-state index is 12.7. The van der Waals surface area contributed by atoms with Crippen molar-refractivity contribution < 1.29 is 4.79 Å². The molecule has 1 aromatic carbocycles. The normalized spacial score (nSPS) is 12.5. The van der Waals surface area contributed by atoms with Gasteiger partial charge in [-0.3, -0.25) is 4.79 Å². The van der Waals surface area contributed by atoms with E-state index in [2.05, 4.69) is 34.1 Å². The van der Waals surface area contributed by atoms with Gasteiger partial charge in [-0.25, -0.2) is 15.0 Å². The Morgan fingerprint density at radius 3 is 2.52 bits per heavy atom. The van der Waals surface area contributed by atoms with Gasteiger partial charge in [0.15, 0.2) is 0 Å². The van der Waals surface area contributed by atoms with Gasteiger partial charge in [0.2, 0.25) is 0 Å². The van der Waals surface area contributed by atoms with Gasteiger partial charge >= 0.3 is 0 Å². The summed E-state index contributed by atoms with van der Waals surface area (Å²) in [5.41, 5.74) is 3.93. The van der Waals surface area contributed by atoms with Crippen LogP contribution in [0.1, 0.15) is 35.6 Å². The fourth-order valence-corrected chi connectivity index (χ4v) is 2.67. The molecule has 0 saturated carbocycles. The van der Waals surface area contributed by atoms with Crippen molar-refractivity contribution in [2.75, 3.05) is 0 Å². The number of imidazole rings is 1. The summed E-state index contributed by atoms with van der Waals surface area (Å²) in [6.07, 6.45) is 5.40. The largest absolute Gasteiger partial charge is 0.347 e. The molecular weight excluding hydrogens is 314 g/mol. The summed E-state index contributed by atoms with van der Waals surface area (Å²) in [7, 11) is 0. The molecular formula is C19H23N5O. The Morgan fingerprint density at radius 2 is 1.88 bits per heavy atom. The highest BCUT2D eigenvalue weighted by molar-refractivity contribution is 5.97. The average molecular weight is 337 g/mol. The number of aryl methyl sites for hydroxylation is 2. The number of carbonyl (C=O) groups excluding carboxylic acids is 1. The molecule has 1 N–H and O–H groups in total. The summed E-state index contributed by atoms with van der Waals surface area (Å²) in [5.74, 6) is 0.206. The van der Waals surface area contributed by atoms with E-state index in [0.29, 0.717) is 18.0 Å². The number of amides is 1. The maximum Gasteiger partial charge on any atom is 0.251 e. The lowest BCUT2D eigenvalue weighted by atomic mass is 10.0. The van der Waals surface area contributed by atoms with Crippen LogP contribution in [0.15, 0.2) is 36.9 Å². The minimum Gasteiger partial charge on any atom is -0.347 e. The Labute approximate surface area is 147 Å².